The minimum atomic E-state index is -3.63. The molecule has 0 bridgehead atoms. The van der Waals surface area contributed by atoms with Gasteiger partial charge in [-0.1, -0.05) is 19.1 Å². The number of nitrogens with one attached hydrogen (secondary N) is 1. The van der Waals surface area contributed by atoms with E-state index in [-0.39, 0.29) is 16.8 Å². The van der Waals surface area contributed by atoms with Crippen LogP contribution in [0.5, 0.6) is 11.5 Å². The zero-order chi connectivity index (χ0) is 22.9. The number of carbonyl (C=O) groups is 1. The maximum atomic E-state index is 13.1. The molecule has 2 aromatic carbocycles. The Labute approximate surface area is 189 Å². The number of sulfonamides is 1. The summed E-state index contributed by atoms with van der Waals surface area (Å²) in [7, 11) is -3.63. The van der Waals surface area contributed by atoms with Crippen molar-refractivity contribution in [2.24, 2.45) is 5.92 Å². The van der Waals surface area contributed by atoms with Crippen molar-refractivity contribution < 1.29 is 22.7 Å². The molecule has 8 heteroatoms. The molecule has 0 aliphatic carbocycles. The summed E-state index contributed by atoms with van der Waals surface area (Å²) in [6, 6.07) is 10.1. The van der Waals surface area contributed by atoms with Gasteiger partial charge in [-0.2, -0.15) is 4.31 Å². The molecule has 1 N–H and O–H groups in total. The lowest BCUT2D eigenvalue weighted by Crippen LogP contribution is -2.38. The first-order chi connectivity index (χ1) is 15.3. The third-order valence-corrected chi connectivity index (χ3v) is 8.14. The molecule has 0 spiro atoms. The Morgan fingerprint density at radius 1 is 1.06 bits per heavy atom. The van der Waals surface area contributed by atoms with Crippen molar-refractivity contribution in [2.45, 2.75) is 44.6 Å². The Kier molecular flexibility index (Phi) is 6.44. The summed E-state index contributed by atoms with van der Waals surface area (Å²) in [6.07, 6.45) is 1.71. The molecule has 7 nitrogen and oxygen atoms in total. The number of ether oxygens (including phenoxy) is 2. The van der Waals surface area contributed by atoms with E-state index in [1.54, 1.807) is 12.1 Å². The summed E-state index contributed by atoms with van der Waals surface area (Å²) in [5.74, 6) is 1.58. The summed E-state index contributed by atoms with van der Waals surface area (Å²) in [5.41, 5.74) is 1.97. The van der Waals surface area contributed by atoms with Gasteiger partial charge in [-0.25, -0.2) is 8.42 Å². The Morgan fingerprint density at radius 2 is 1.75 bits per heavy atom. The van der Waals surface area contributed by atoms with Crippen LogP contribution in [0.2, 0.25) is 0 Å². The predicted octanol–water partition coefficient (Wildman–Crippen LogP) is 3.68. The first-order valence-corrected chi connectivity index (χ1v) is 12.5. The van der Waals surface area contributed by atoms with Crippen molar-refractivity contribution in [3.05, 3.63) is 53.1 Å². The Balaban J connectivity index is 1.52. The number of nitrogens with zero attached hydrogens (tertiary/aromatic N) is 1. The molecule has 32 heavy (non-hydrogen) atoms. The molecule has 1 atom stereocenters. The van der Waals surface area contributed by atoms with Crippen LogP contribution >= 0.6 is 0 Å². The SMILES string of the molecule is Cc1ccc(S(=O)(=O)N2CCC(C)CC2)cc1C(=O)NC(C)c1ccc2c(c1)OCCO2. The van der Waals surface area contributed by atoms with Gasteiger partial charge in [-0.3, -0.25) is 4.79 Å². The van der Waals surface area contributed by atoms with Gasteiger partial charge in [0.1, 0.15) is 13.2 Å². The lowest BCUT2D eigenvalue weighted by Gasteiger charge is -2.29. The average Bonchev–Trinajstić information content (AvgIpc) is 2.79. The number of benzene rings is 2. The molecule has 0 radical (unpaired) electrons. The third kappa shape index (κ3) is 4.61. The number of hydrogen-bond donors (Lipinski definition) is 1. The monoisotopic (exact) mass is 458 g/mol. The maximum Gasteiger partial charge on any atom is 0.252 e. The topological polar surface area (TPSA) is 84.9 Å². The van der Waals surface area contributed by atoms with Gasteiger partial charge in [0.15, 0.2) is 11.5 Å². The van der Waals surface area contributed by atoms with Crippen molar-refractivity contribution in [1.82, 2.24) is 9.62 Å². The predicted molar refractivity (Wildman–Crippen MR) is 122 cm³/mol. The van der Waals surface area contributed by atoms with E-state index in [9.17, 15) is 13.2 Å². The Hall–Kier alpha value is -2.58. The molecular formula is C24H30N2O5S. The second kappa shape index (κ2) is 9.11. The van der Waals surface area contributed by atoms with Crippen LogP contribution in [0.15, 0.2) is 41.3 Å². The molecule has 4 rings (SSSR count). The van der Waals surface area contributed by atoms with Crippen LogP contribution in [-0.4, -0.2) is 44.9 Å². The maximum absolute atomic E-state index is 13.1. The molecule has 1 unspecified atom stereocenters. The summed E-state index contributed by atoms with van der Waals surface area (Å²) in [6.45, 7) is 7.87. The average molecular weight is 459 g/mol. The summed E-state index contributed by atoms with van der Waals surface area (Å²) < 4.78 is 39.0. The molecule has 172 valence electrons. The van der Waals surface area contributed by atoms with E-state index in [1.165, 1.54) is 10.4 Å². The second-order valence-electron chi connectivity index (χ2n) is 8.66. The smallest absolute Gasteiger partial charge is 0.252 e. The van der Waals surface area contributed by atoms with Gasteiger partial charge in [0.25, 0.3) is 5.91 Å². The fraction of sp³-hybridized carbons (Fsp3) is 0.458. The quantitative estimate of drug-likeness (QED) is 0.739. The number of hydrogen-bond acceptors (Lipinski definition) is 5. The van der Waals surface area contributed by atoms with Crippen LogP contribution in [0.4, 0.5) is 0 Å². The van der Waals surface area contributed by atoms with E-state index in [1.807, 2.05) is 32.0 Å². The molecule has 1 fully saturated rings. The first-order valence-electron chi connectivity index (χ1n) is 11.1. The zero-order valence-electron chi connectivity index (χ0n) is 18.8. The molecule has 2 aliphatic rings. The molecule has 2 heterocycles. The fourth-order valence-electron chi connectivity index (χ4n) is 4.07. The van der Waals surface area contributed by atoms with Crippen LogP contribution in [0.3, 0.4) is 0 Å². The standard InChI is InChI=1S/C24H30N2O5S/c1-16-8-10-26(11-9-16)32(28,29)20-6-4-17(2)21(15-20)24(27)25-18(3)19-5-7-22-23(14-19)31-13-12-30-22/h4-7,14-16,18H,8-13H2,1-3H3,(H,25,27). The second-order valence-corrected chi connectivity index (χ2v) is 10.6. The number of aryl methyl sites for hydroxylation is 1. The first kappa shape index (κ1) is 22.6. The molecule has 1 amide bonds. The highest BCUT2D eigenvalue weighted by Gasteiger charge is 2.29. The van der Waals surface area contributed by atoms with Crippen molar-refractivity contribution in [3.8, 4) is 11.5 Å². The van der Waals surface area contributed by atoms with Gasteiger partial charge in [0.05, 0.1) is 10.9 Å². The minimum Gasteiger partial charge on any atom is -0.486 e. The van der Waals surface area contributed by atoms with Gasteiger partial charge in [0, 0.05) is 18.7 Å². The Bertz CT molecular complexity index is 1110. The number of fused-ring (bicyclic) bond motifs is 1. The van der Waals surface area contributed by atoms with Gasteiger partial charge in [-0.15, -0.1) is 0 Å². The van der Waals surface area contributed by atoms with E-state index in [0.29, 0.717) is 49.3 Å². The molecule has 2 aliphatic heterocycles. The van der Waals surface area contributed by atoms with Crippen molar-refractivity contribution in [3.63, 3.8) is 0 Å². The van der Waals surface area contributed by atoms with Crippen molar-refractivity contribution >= 4 is 15.9 Å². The van der Waals surface area contributed by atoms with E-state index in [4.69, 9.17) is 9.47 Å². The van der Waals surface area contributed by atoms with E-state index in [2.05, 4.69) is 12.2 Å². The Morgan fingerprint density at radius 3 is 2.47 bits per heavy atom. The molecule has 0 aromatic heterocycles. The van der Waals surface area contributed by atoms with Crippen LogP contribution in [0.25, 0.3) is 0 Å². The molecule has 2 aromatic rings. The van der Waals surface area contributed by atoms with Crippen LogP contribution in [0.1, 0.15) is 54.2 Å². The molecular weight excluding hydrogens is 428 g/mol. The lowest BCUT2D eigenvalue weighted by molar-refractivity contribution is 0.0939. The summed E-state index contributed by atoms with van der Waals surface area (Å²) >= 11 is 0. The third-order valence-electron chi connectivity index (χ3n) is 6.25. The van der Waals surface area contributed by atoms with Crippen molar-refractivity contribution in [2.75, 3.05) is 26.3 Å². The summed E-state index contributed by atoms with van der Waals surface area (Å²) in [4.78, 5) is 13.2. The minimum absolute atomic E-state index is 0.162. The normalized spacial score (nSPS) is 18.2. The lowest BCUT2D eigenvalue weighted by atomic mass is 10.0. The highest BCUT2D eigenvalue weighted by Crippen LogP contribution is 2.33. The van der Waals surface area contributed by atoms with Crippen LogP contribution < -0.4 is 14.8 Å². The van der Waals surface area contributed by atoms with Gasteiger partial charge in [0.2, 0.25) is 10.0 Å². The zero-order valence-corrected chi connectivity index (χ0v) is 19.6. The number of amides is 1. The van der Waals surface area contributed by atoms with E-state index < -0.39 is 10.0 Å². The van der Waals surface area contributed by atoms with E-state index >= 15 is 0 Å². The fourth-order valence-corrected chi connectivity index (χ4v) is 5.56. The number of carbonyl (C=O) groups excluding carboxylic acids is 1. The largest absolute Gasteiger partial charge is 0.486 e. The van der Waals surface area contributed by atoms with Gasteiger partial charge >= 0.3 is 0 Å². The molecule has 1 saturated heterocycles. The number of piperidine rings is 1. The van der Waals surface area contributed by atoms with Crippen LogP contribution in [-0.2, 0) is 10.0 Å². The number of rotatable bonds is 5. The van der Waals surface area contributed by atoms with E-state index in [0.717, 1.165) is 24.0 Å². The van der Waals surface area contributed by atoms with Gasteiger partial charge < -0.3 is 14.8 Å². The highest BCUT2D eigenvalue weighted by molar-refractivity contribution is 7.89. The van der Waals surface area contributed by atoms with Crippen LogP contribution in [0, 0.1) is 12.8 Å². The summed E-state index contributed by atoms with van der Waals surface area (Å²) in [5, 5.41) is 2.98. The highest BCUT2D eigenvalue weighted by atomic mass is 32.2. The molecule has 0 saturated carbocycles. The van der Waals surface area contributed by atoms with Crippen molar-refractivity contribution in [1.29, 1.82) is 0 Å². The van der Waals surface area contributed by atoms with Gasteiger partial charge in [-0.05, 0) is 68.0 Å².